The summed E-state index contributed by atoms with van der Waals surface area (Å²) in [5.41, 5.74) is 0. The van der Waals surface area contributed by atoms with E-state index >= 15 is 0 Å². The summed E-state index contributed by atoms with van der Waals surface area (Å²) in [6.07, 6.45) is 5.09. The average molecular weight is 211 g/mol. The summed E-state index contributed by atoms with van der Waals surface area (Å²) in [6, 6.07) is 1.69. The van der Waals surface area contributed by atoms with Gasteiger partial charge in [0.05, 0.1) is 7.11 Å². The summed E-state index contributed by atoms with van der Waals surface area (Å²) in [7, 11) is -0.480. The lowest BCUT2D eigenvalue weighted by atomic mass is 10.6. The highest BCUT2D eigenvalue weighted by Gasteiger charge is 2.34. The van der Waals surface area contributed by atoms with Crippen molar-refractivity contribution in [3.63, 3.8) is 0 Å². The predicted molar refractivity (Wildman–Crippen MR) is 53.0 cm³/mol. The molecule has 0 amide bonds. The van der Waals surface area contributed by atoms with Crippen molar-refractivity contribution in [1.82, 2.24) is 5.16 Å². The number of hydrogen-bond donors (Lipinski definition) is 0. The Balaban J connectivity index is 2.48. The molecule has 0 fully saturated rings. The van der Waals surface area contributed by atoms with Crippen molar-refractivity contribution in [1.29, 1.82) is 0 Å². The van der Waals surface area contributed by atoms with E-state index in [0.29, 0.717) is 5.03 Å². The molecule has 0 saturated heterocycles. The standard InChI is InChI=1S/C9H9NO3S/c1-12-9(11)14(6-2-3-7-14)8-4-5-13-10-8/h2-7H,1H3. The third-order valence-corrected chi connectivity index (χ3v) is 4.69. The van der Waals surface area contributed by atoms with Gasteiger partial charge in [0.25, 0.3) is 0 Å². The van der Waals surface area contributed by atoms with Gasteiger partial charge in [-0.05, 0) is 10.8 Å². The highest BCUT2D eigenvalue weighted by Crippen LogP contribution is 2.61. The minimum absolute atomic E-state index is 0.281. The number of aromatic nitrogens is 1. The molecule has 1 aromatic heterocycles. The molecule has 0 atom stereocenters. The molecule has 0 radical (unpaired) electrons. The predicted octanol–water partition coefficient (Wildman–Crippen LogP) is 2.65. The van der Waals surface area contributed by atoms with Gasteiger partial charge in [-0.2, -0.15) is 0 Å². The van der Waals surface area contributed by atoms with E-state index in [1.54, 1.807) is 6.07 Å². The first-order valence-corrected chi connectivity index (χ1v) is 5.72. The van der Waals surface area contributed by atoms with Crippen molar-refractivity contribution in [3.8, 4) is 0 Å². The molecule has 14 heavy (non-hydrogen) atoms. The average Bonchev–Trinajstić information content (AvgIpc) is 2.86. The Kier molecular flexibility index (Phi) is 2.17. The Hall–Kier alpha value is -1.49. The van der Waals surface area contributed by atoms with Crippen molar-refractivity contribution in [2.24, 2.45) is 0 Å². The number of hydrogen-bond acceptors (Lipinski definition) is 4. The maximum absolute atomic E-state index is 11.7. The van der Waals surface area contributed by atoms with Gasteiger partial charge in [0, 0.05) is 6.07 Å². The lowest BCUT2D eigenvalue weighted by molar-refractivity contribution is 0.199. The van der Waals surface area contributed by atoms with E-state index < -0.39 is 10.0 Å². The molecule has 1 aliphatic rings. The van der Waals surface area contributed by atoms with Gasteiger partial charge in [-0.25, -0.2) is 4.79 Å². The van der Waals surface area contributed by atoms with Crippen LogP contribution in [0.4, 0.5) is 4.79 Å². The van der Waals surface area contributed by atoms with Crippen LogP contribution in [0.25, 0.3) is 0 Å². The van der Waals surface area contributed by atoms with Crippen LogP contribution in [-0.2, 0) is 4.74 Å². The fourth-order valence-corrected chi connectivity index (χ4v) is 3.40. The zero-order valence-corrected chi connectivity index (χ0v) is 8.36. The molecule has 1 aliphatic heterocycles. The van der Waals surface area contributed by atoms with Gasteiger partial charge in [0.15, 0.2) is 0 Å². The molecule has 5 heteroatoms. The normalized spacial score (nSPS) is 19.5. The third kappa shape index (κ3) is 1.17. The molecular weight excluding hydrogens is 202 g/mol. The molecule has 0 aliphatic carbocycles. The van der Waals surface area contributed by atoms with E-state index in [4.69, 9.17) is 9.26 Å². The van der Waals surface area contributed by atoms with Crippen molar-refractivity contribution in [2.45, 2.75) is 5.03 Å². The topological polar surface area (TPSA) is 52.3 Å². The Morgan fingerprint density at radius 3 is 2.71 bits per heavy atom. The lowest BCUT2D eigenvalue weighted by Gasteiger charge is -2.24. The molecule has 0 N–H and O–H groups in total. The number of nitrogens with zero attached hydrogens (tertiary/aromatic N) is 1. The fraction of sp³-hybridized carbons (Fsp3) is 0.111. The molecule has 2 heterocycles. The first-order chi connectivity index (χ1) is 6.79. The van der Waals surface area contributed by atoms with Gasteiger partial charge in [-0.15, -0.1) is 0 Å². The van der Waals surface area contributed by atoms with Crippen molar-refractivity contribution < 1.29 is 14.1 Å². The molecule has 4 nitrogen and oxygen atoms in total. The van der Waals surface area contributed by atoms with E-state index in [0.717, 1.165) is 0 Å². The summed E-state index contributed by atoms with van der Waals surface area (Å²) in [6.45, 7) is 0. The molecule has 0 saturated carbocycles. The summed E-state index contributed by atoms with van der Waals surface area (Å²) in [4.78, 5) is 11.7. The number of ether oxygens (including phenoxy) is 1. The molecule has 1 aromatic rings. The second kappa shape index (κ2) is 3.34. The van der Waals surface area contributed by atoms with Gasteiger partial charge in [0.1, 0.15) is 11.3 Å². The Morgan fingerprint density at radius 2 is 2.21 bits per heavy atom. The molecule has 2 rings (SSSR count). The number of allylic oxidation sites excluding steroid dienone is 2. The first-order valence-electron chi connectivity index (χ1n) is 3.96. The highest BCUT2D eigenvalue weighted by molar-refractivity contribution is 8.49. The Morgan fingerprint density at radius 1 is 1.50 bits per heavy atom. The zero-order chi connectivity index (χ0) is 10.0. The van der Waals surface area contributed by atoms with E-state index in [-0.39, 0.29) is 5.30 Å². The minimum atomic E-state index is -1.85. The van der Waals surface area contributed by atoms with Crippen LogP contribution < -0.4 is 0 Å². The van der Waals surface area contributed by atoms with Crippen LogP contribution in [0.1, 0.15) is 0 Å². The second-order valence-electron chi connectivity index (χ2n) is 2.66. The van der Waals surface area contributed by atoms with Gasteiger partial charge < -0.3 is 9.26 Å². The van der Waals surface area contributed by atoms with Crippen LogP contribution >= 0.6 is 10.0 Å². The summed E-state index contributed by atoms with van der Waals surface area (Å²) in [5.74, 6) is 0. The van der Waals surface area contributed by atoms with E-state index in [1.807, 2.05) is 23.0 Å². The summed E-state index contributed by atoms with van der Waals surface area (Å²) >= 11 is 0. The summed E-state index contributed by atoms with van der Waals surface area (Å²) < 4.78 is 9.52. The van der Waals surface area contributed by atoms with E-state index in [1.165, 1.54) is 13.4 Å². The van der Waals surface area contributed by atoms with Crippen molar-refractivity contribution in [3.05, 3.63) is 35.3 Å². The summed E-state index contributed by atoms with van der Waals surface area (Å²) in [5, 5.41) is 7.77. The second-order valence-corrected chi connectivity index (χ2v) is 5.37. The van der Waals surface area contributed by atoms with Crippen LogP contribution in [0.3, 0.4) is 0 Å². The van der Waals surface area contributed by atoms with Crippen LogP contribution in [0.15, 0.2) is 44.8 Å². The number of carbonyl (C=O) groups is 1. The number of rotatable bonds is 1. The quantitative estimate of drug-likeness (QED) is 0.670. The monoisotopic (exact) mass is 211 g/mol. The maximum atomic E-state index is 11.7. The smallest absolute Gasteiger partial charge is 0.362 e. The molecule has 0 unspecified atom stereocenters. The Bertz CT molecular complexity index is 382. The lowest BCUT2D eigenvalue weighted by Crippen LogP contribution is -2.07. The molecule has 74 valence electrons. The van der Waals surface area contributed by atoms with Crippen molar-refractivity contribution >= 4 is 15.3 Å². The largest absolute Gasteiger partial charge is 0.461 e. The zero-order valence-electron chi connectivity index (χ0n) is 7.54. The SMILES string of the molecule is COC(=O)S1(c2ccon2)C=CC=C1. The van der Waals surface area contributed by atoms with E-state index in [2.05, 4.69) is 5.16 Å². The Labute approximate surface area is 82.5 Å². The van der Waals surface area contributed by atoms with Gasteiger partial charge in [-0.1, -0.05) is 27.3 Å². The van der Waals surface area contributed by atoms with E-state index in [9.17, 15) is 4.79 Å². The molecular formula is C9H9NO3S. The van der Waals surface area contributed by atoms with Crippen LogP contribution in [0.2, 0.25) is 0 Å². The van der Waals surface area contributed by atoms with Crippen LogP contribution in [0, 0.1) is 0 Å². The highest BCUT2D eigenvalue weighted by atomic mass is 32.3. The maximum Gasteiger partial charge on any atom is 0.362 e. The molecule has 0 bridgehead atoms. The van der Waals surface area contributed by atoms with Gasteiger partial charge in [-0.3, -0.25) is 0 Å². The third-order valence-electron chi connectivity index (χ3n) is 1.90. The molecule has 0 aromatic carbocycles. The number of methoxy groups -OCH3 is 1. The van der Waals surface area contributed by atoms with Crippen LogP contribution in [-0.4, -0.2) is 17.6 Å². The number of carbonyl (C=O) groups excluding carboxylic acids is 1. The van der Waals surface area contributed by atoms with Crippen LogP contribution in [0.5, 0.6) is 0 Å². The first kappa shape index (κ1) is 9.08. The van der Waals surface area contributed by atoms with Crippen molar-refractivity contribution in [2.75, 3.05) is 7.11 Å². The minimum Gasteiger partial charge on any atom is -0.461 e. The fourth-order valence-electron chi connectivity index (χ4n) is 1.23. The van der Waals surface area contributed by atoms with Gasteiger partial charge >= 0.3 is 5.30 Å². The van der Waals surface area contributed by atoms with Gasteiger partial charge in [0.2, 0.25) is 0 Å². The molecule has 0 spiro atoms.